The topological polar surface area (TPSA) is 26.3 Å². The van der Waals surface area contributed by atoms with Crippen LogP contribution >= 0.6 is 0 Å². The molecular formula is C16H26O2. The summed E-state index contributed by atoms with van der Waals surface area (Å²) < 4.78 is 5.02. The van der Waals surface area contributed by atoms with E-state index in [1.54, 1.807) is 6.08 Å². The Balaban J connectivity index is 3.12. The Labute approximate surface area is 111 Å². The Morgan fingerprint density at radius 2 is 1.94 bits per heavy atom. The van der Waals surface area contributed by atoms with Crippen LogP contribution in [-0.2, 0) is 9.53 Å². The van der Waals surface area contributed by atoms with Gasteiger partial charge in [0.25, 0.3) is 0 Å². The van der Waals surface area contributed by atoms with E-state index in [9.17, 15) is 4.79 Å². The van der Waals surface area contributed by atoms with Gasteiger partial charge in [-0.2, -0.15) is 0 Å². The summed E-state index contributed by atoms with van der Waals surface area (Å²) in [6.07, 6.45) is 5.87. The maximum absolute atomic E-state index is 11.6. The summed E-state index contributed by atoms with van der Waals surface area (Å²) in [7, 11) is 0. The molecule has 0 amide bonds. The van der Waals surface area contributed by atoms with Gasteiger partial charge in [-0.3, -0.25) is 0 Å². The molecule has 1 rings (SSSR count). The van der Waals surface area contributed by atoms with Crippen molar-refractivity contribution in [1.29, 1.82) is 0 Å². The first-order chi connectivity index (χ1) is 8.46. The first-order valence-corrected chi connectivity index (χ1v) is 7.06. The highest BCUT2D eigenvalue weighted by Crippen LogP contribution is 2.45. The molecule has 18 heavy (non-hydrogen) atoms. The molecule has 0 bridgehead atoms. The maximum Gasteiger partial charge on any atom is 0.331 e. The fraction of sp³-hybridized carbons (Fsp3) is 0.688. The van der Waals surface area contributed by atoms with Crippen molar-refractivity contribution in [1.82, 2.24) is 0 Å². The normalized spacial score (nSPS) is 21.3. The number of ether oxygens (including phenoxy) is 1. The van der Waals surface area contributed by atoms with Crippen molar-refractivity contribution in [3.63, 3.8) is 0 Å². The average Bonchev–Trinajstić information content (AvgIpc) is 2.30. The molecule has 2 nitrogen and oxygen atoms in total. The number of hydrogen-bond acceptors (Lipinski definition) is 2. The van der Waals surface area contributed by atoms with Gasteiger partial charge >= 0.3 is 5.97 Å². The second-order valence-electron chi connectivity index (χ2n) is 5.47. The lowest BCUT2D eigenvalue weighted by Crippen LogP contribution is -2.22. The van der Waals surface area contributed by atoms with Crippen molar-refractivity contribution in [2.75, 3.05) is 6.61 Å². The number of rotatable bonds is 4. The number of carbonyl (C=O) groups is 1. The maximum atomic E-state index is 11.6. The van der Waals surface area contributed by atoms with Crippen molar-refractivity contribution < 1.29 is 9.53 Å². The monoisotopic (exact) mass is 250 g/mol. The highest BCUT2D eigenvalue weighted by atomic mass is 16.5. The van der Waals surface area contributed by atoms with Crippen LogP contribution in [0.5, 0.6) is 0 Å². The standard InChI is InChI=1S/C16H26O2/c1-6-13-12(11-15(17)18-8-3)9-10-16(4,5)14(13)7-2/h11H,6-10H2,1-5H3. The van der Waals surface area contributed by atoms with Crippen molar-refractivity contribution >= 4 is 5.97 Å². The highest BCUT2D eigenvalue weighted by molar-refractivity contribution is 5.84. The van der Waals surface area contributed by atoms with Crippen LogP contribution in [-0.4, -0.2) is 12.6 Å². The number of hydrogen-bond donors (Lipinski definition) is 0. The molecule has 0 aliphatic heterocycles. The SMILES string of the molecule is CCOC(=O)C=C1CCC(C)(C)C(CC)=C1CC. The first-order valence-electron chi connectivity index (χ1n) is 7.06. The minimum absolute atomic E-state index is 0.200. The van der Waals surface area contributed by atoms with Crippen molar-refractivity contribution in [2.45, 2.75) is 60.3 Å². The molecule has 1 aliphatic carbocycles. The van der Waals surface area contributed by atoms with E-state index in [0.717, 1.165) is 25.7 Å². The second-order valence-corrected chi connectivity index (χ2v) is 5.47. The Morgan fingerprint density at radius 3 is 2.44 bits per heavy atom. The minimum Gasteiger partial charge on any atom is -0.463 e. The minimum atomic E-state index is -0.200. The molecule has 0 aromatic heterocycles. The second kappa shape index (κ2) is 6.21. The average molecular weight is 250 g/mol. The van der Waals surface area contributed by atoms with Gasteiger partial charge in [0.15, 0.2) is 0 Å². The summed E-state index contributed by atoms with van der Waals surface area (Å²) in [6.45, 7) is 11.3. The molecule has 1 aliphatic rings. The van der Waals surface area contributed by atoms with Crippen LogP contribution in [0.1, 0.15) is 60.3 Å². The van der Waals surface area contributed by atoms with E-state index in [2.05, 4.69) is 27.7 Å². The zero-order valence-corrected chi connectivity index (χ0v) is 12.4. The molecule has 0 aromatic carbocycles. The molecule has 0 unspecified atom stereocenters. The van der Waals surface area contributed by atoms with Gasteiger partial charge in [-0.25, -0.2) is 4.79 Å². The molecule has 0 N–H and O–H groups in total. The van der Waals surface area contributed by atoms with E-state index < -0.39 is 0 Å². The molecule has 0 fully saturated rings. The van der Waals surface area contributed by atoms with Crippen molar-refractivity contribution in [2.24, 2.45) is 5.41 Å². The van der Waals surface area contributed by atoms with E-state index in [4.69, 9.17) is 4.74 Å². The summed E-state index contributed by atoms with van der Waals surface area (Å²) in [5, 5.41) is 0. The Hall–Kier alpha value is -1.05. The summed E-state index contributed by atoms with van der Waals surface area (Å²) in [6, 6.07) is 0. The number of allylic oxidation sites excluding steroid dienone is 3. The molecule has 0 atom stereocenters. The lowest BCUT2D eigenvalue weighted by Gasteiger charge is -2.36. The van der Waals surface area contributed by atoms with E-state index in [-0.39, 0.29) is 11.4 Å². The Morgan fingerprint density at radius 1 is 1.28 bits per heavy atom. The smallest absolute Gasteiger partial charge is 0.331 e. The van der Waals surface area contributed by atoms with Gasteiger partial charge in [-0.05, 0) is 49.2 Å². The summed E-state index contributed by atoms with van der Waals surface area (Å²) in [5.41, 5.74) is 4.34. The van der Waals surface area contributed by atoms with Crippen LogP contribution in [0.25, 0.3) is 0 Å². The van der Waals surface area contributed by atoms with Gasteiger partial charge < -0.3 is 4.74 Å². The van der Waals surface area contributed by atoms with E-state index in [0.29, 0.717) is 6.61 Å². The van der Waals surface area contributed by atoms with Crippen LogP contribution in [0, 0.1) is 5.41 Å². The van der Waals surface area contributed by atoms with Gasteiger partial charge in [0.2, 0.25) is 0 Å². The lowest BCUT2D eigenvalue weighted by molar-refractivity contribution is -0.137. The third kappa shape index (κ3) is 3.24. The molecule has 0 saturated heterocycles. The summed E-state index contributed by atoms with van der Waals surface area (Å²) >= 11 is 0. The molecule has 102 valence electrons. The molecular weight excluding hydrogens is 224 g/mol. The first kappa shape index (κ1) is 15.0. The third-order valence-corrected chi connectivity index (χ3v) is 3.87. The zero-order chi connectivity index (χ0) is 13.8. The fourth-order valence-electron chi connectivity index (χ4n) is 2.97. The predicted molar refractivity (Wildman–Crippen MR) is 75.3 cm³/mol. The molecule has 0 saturated carbocycles. The number of esters is 1. The largest absolute Gasteiger partial charge is 0.463 e. The molecule has 0 spiro atoms. The quantitative estimate of drug-likeness (QED) is 0.545. The van der Waals surface area contributed by atoms with Crippen LogP contribution in [0.3, 0.4) is 0 Å². The predicted octanol–water partition coefficient (Wildman–Crippen LogP) is 4.41. The lowest BCUT2D eigenvalue weighted by atomic mass is 9.69. The van der Waals surface area contributed by atoms with Crippen molar-refractivity contribution in [3.05, 3.63) is 22.8 Å². The molecule has 0 heterocycles. The summed E-state index contributed by atoms with van der Waals surface area (Å²) in [4.78, 5) is 11.6. The zero-order valence-electron chi connectivity index (χ0n) is 12.4. The van der Waals surface area contributed by atoms with Gasteiger partial charge in [0.05, 0.1) is 6.61 Å². The van der Waals surface area contributed by atoms with Gasteiger partial charge in [-0.15, -0.1) is 0 Å². The van der Waals surface area contributed by atoms with E-state index >= 15 is 0 Å². The van der Waals surface area contributed by atoms with Gasteiger partial charge in [0, 0.05) is 6.08 Å². The van der Waals surface area contributed by atoms with Crippen LogP contribution in [0.15, 0.2) is 22.8 Å². The van der Waals surface area contributed by atoms with Crippen molar-refractivity contribution in [3.8, 4) is 0 Å². The van der Waals surface area contributed by atoms with Crippen LogP contribution in [0.4, 0.5) is 0 Å². The van der Waals surface area contributed by atoms with Crippen LogP contribution in [0.2, 0.25) is 0 Å². The molecule has 0 aromatic rings. The van der Waals surface area contributed by atoms with Crippen LogP contribution < -0.4 is 0 Å². The Kier molecular flexibility index (Phi) is 5.18. The Bertz CT molecular complexity index is 373. The summed E-state index contributed by atoms with van der Waals surface area (Å²) in [5.74, 6) is -0.200. The fourth-order valence-corrected chi connectivity index (χ4v) is 2.97. The van der Waals surface area contributed by atoms with Gasteiger partial charge in [-0.1, -0.05) is 33.3 Å². The third-order valence-electron chi connectivity index (χ3n) is 3.87. The molecule has 0 radical (unpaired) electrons. The molecule has 2 heteroatoms. The highest BCUT2D eigenvalue weighted by Gasteiger charge is 2.30. The van der Waals surface area contributed by atoms with E-state index in [1.165, 1.54) is 16.7 Å². The number of carbonyl (C=O) groups excluding carboxylic acids is 1. The van der Waals surface area contributed by atoms with E-state index in [1.807, 2.05) is 6.92 Å². The van der Waals surface area contributed by atoms with Gasteiger partial charge in [0.1, 0.15) is 0 Å².